The first-order valence-corrected chi connectivity index (χ1v) is 22.0. The molecule has 25 nitrogen and oxygen atoms in total. The first-order chi connectivity index (χ1) is 29.8. The second-order valence-electron chi connectivity index (χ2n) is 17.7. The van der Waals surface area contributed by atoms with E-state index in [0.717, 1.165) is 12.8 Å². The van der Waals surface area contributed by atoms with Gasteiger partial charge in [0.2, 0.25) is 0 Å². The molecule has 20 unspecified atom stereocenters. The van der Waals surface area contributed by atoms with Crippen molar-refractivity contribution in [2.75, 3.05) is 79.8 Å². The van der Waals surface area contributed by atoms with Gasteiger partial charge in [-0.1, -0.05) is 0 Å². The molecule has 4 aliphatic rings. The van der Waals surface area contributed by atoms with Gasteiger partial charge in [-0.3, -0.25) is 0 Å². The van der Waals surface area contributed by atoms with E-state index in [1.54, 1.807) is 0 Å². The second-order valence-corrected chi connectivity index (χ2v) is 17.7. The number of aliphatic hydroxyl groups excluding tert-OH is 8. The number of nitrogens with two attached hydrogens (primary N) is 8. The fourth-order valence-electron chi connectivity index (χ4n) is 8.49. The fraction of sp³-hybridized carbons (Fsp3) is 1.00. The molecule has 24 N–H and O–H groups in total. The van der Waals surface area contributed by atoms with E-state index in [-0.39, 0.29) is 52.2 Å². The number of ether oxygens (including phenoxy) is 7. The molecule has 0 aromatic rings. The maximum atomic E-state index is 10.9. The third-order valence-corrected chi connectivity index (χ3v) is 12.4. The molecule has 0 aromatic heterocycles. The van der Waals surface area contributed by atoms with Crippen molar-refractivity contribution >= 4 is 0 Å². The van der Waals surface area contributed by atoms with E-state index >= 15 is 0 Å². The molecule has 0 aromatic carbocycles. The number of hydrogen-bond acceptors (Lipinski definition) is 25. The van der Waals surface area contributed by atoms with Crippen molar-refractivity contribution in [1.82, 2.24) is 9.80 Å². The standard InChI is InChI=1S/C38H80N10O15/c1-47(13-17(49)15-58-35-27(51)19(41)9-21(43)33(35)62-37-25(45)31(55)29(53)23(11-39)60-37)5-3-4-7-57-8-6-48(2)14-18(50)16-59-36-28(52)20(42)10-22(44)34(36)63-38-26(46)32(56)30(54)24(12-40)61-38/h17-38,49-56H,3-16,39-46H2,1-2H3/t17-,18-,19?,20?,21?,22?,23?,24?,25?,26?,27?,28?,29?,30?,31?,32?,33?,34?,35?,36?,37?,38?/m0/s1. The van der Waals surface area contributed by atoms with Crippen LogP contribution in [0.15, 0.2) is 0 Å². The monoisotopic (exact) mass is 917 g/mol. The van der Waals surface area contributed by atoms with E-state index in [1.165, 1.54) is 0 Å². The number of hydrogen-bond donors (Lipinski definition) is 16. The smallest absolute Gasteiger partial charge is 0.176 e. The summed E-state index contributed by atoms with van der Waals surface area (Å²) < 4.78 is 41.2. The molecule has 0 bridgehead atoms. The number of rotatable bonds is 24. The van der Waals surface area contributed by atoms with Gasteiger partial charge >= 0.3 is 0 Å². The van der Waals surface area contributed by atoms with Crippen LogP contribution in [0, 0.1) is 0 Å². The Morgan fingerprint density at radius 1 is 0.540 bits per heavy atom. The second kappa shape index (κ2) is 25.9. The van der Waals surface area contributed by atoms with Crippen LogP contribution in [0.5, 0.6) is 0 Å². The molecule has 25 heteroatoms. The Balaban J connectivity index is 1.11. The van der Waals surface area contributed by atoms with Gasteiger partial charge in [0.15, 0.2) is 12.6 Å². The molecule has 0 spiro atoms. The Labute approximate surface area is 369 Å². The van der Waals surface area contributed by atoms with Gasteiger partial charge in [-0.05, 0) is 46.3 Å². The topological polar surface area (TPSA) is 441 Å². The van der Waals surface area contributed by atoms with Crippen LogP contribution in [0.2, 0.25) is 0 Å². The van der Waals surface area contributed by atoms with Gasteiger partial charge in [0.05, 0.1) is 56.3 Å². The summed E-state index contributed by atoms with van der Waals surface area (Å²) in [5.41, 5.74) is 48.5. The summed E-state index contributed by atoms with van der Waals surface area (Å²) in [6.07, 6.45) is -16.0. The Bertz CT molecular complexity index is 1210. The first kappa shape index (κ1) is 54.6. The largest absolute Gasteiger partial charge is 0.389 e. The highest BCUT2D eigenvalue weighted by atomic mass is 16.7. The average Bonchev–Trinajstić information content (AvgIpc) is 3.23. The van der Waals surface area contributed by atoms with Gasteiger partial charge in [0.25, 0.3) is 0 Å². The van der Waals surface area contributed by atoms with Gasteiger partial charge in [0.1, 0.15) is 61.0 Å². The van der Waals surface area contributed by atoms with Crippen molar-refractivity contribution in [3.8, 4) is 0 Å². The van der Waals surface area contributed by atoms with Gasteiger partial charge < -0.3 is 130 Å². The summed E-state index contributed by atoms with van der Waals surface area (Å²) in [4.78, 5) is 3.81. The van der Waals surface area contributed by atoms with E-state index < -0.39 is 134 Å². The summed E-state index contributed by atoms with van der Waals surface area (Å²) in [7, 11) is 3.68. The number of unbranched alkanes of at least 4 members (excludes halogenated alkanes) is 1. The van der Waals surface area contributed by atoms with Crippen LogP contribution in [0.25, 0.3) is 0 Å². The molecule has 4 fully saturated rings. The lowest BCUT2D eigenvalue weighted by Gasteiger charge is -2.47. The quantitative estimate of drug-likeness (QED) is 0.0400. The van der Waals surface area contributed by atoms with Crippen LogP contribution >= 0.6 is 0 Å². The van der Waals surface area contributed by atoms with Gasteiger partial charge in [-0.2, -0.15) is 0 Å². The molecule has 63 heavy (non-hydrogen) atoms. The van der Waals surface area contributed by atoms with Crippen LogP contribution in [-0.2, 0) is 33.2 Å². The normalized spacial score (nSPS) is 42.5. The van der Waals surface area contributed by atoms with Crippen LogP contribution in [-0.4, -0.2) is 265 Å². The van der Waals surface area contributed by atoms with Crippen LogP contribution in [0.1, 0.15) is 25.7 Å². The zero-order chi connectivity index (χ0) is 46.7. The molecule has 2 saturated heterocycles. The summed E-state index contributed by atoms with van der Waals surface area (Å²) in [6, 6.07) is -5.09. The highest BCUT2D eigenvalue weighted by Gasteiger charge is 2.50. The van der Waals surface area contributed by atoms with E-state index in [4.69, 9.17) is 79.0 Å². The van der Waals surface area contributed by atoms with E-state index in [1.807, 2.05) is 23.9 Å². The zero-order valence-electron chi connectivity index (χ0n) is 36.5. The van der Waals surface area contributed by atoms with E-state index in [0.29, 0.717) is 26.3 Å². The predicted molar refractivity (Wildman–Crippen MR) is 225 cm³/mol. The Kier molecular flexibility index (Phi) is 22.5. The maximum Gasteiger partial charge on any atom is 0.176 e. The van der Waals surface area contributed by atoms with Gasteiger partial charge in [-0.25, -0.2) is 0 Å². The minimum absolute atomic E-state index is 0.0977. The first-order valence-electron chi connectivity index (χ1n) is 22.0. The molecule has 0 amide bonds. The molecule has 0 radical (unpaired) electrons. The van der Waals surface area contributed by atoms with Crippen LogP contribution in [0.3, 0.4) is 0 Å². The molecule has 2 heterocycles. The average molecular weight is 917 g/mol. The number of likely N-dealkylation sites (N-methyl/N-ethyl adjacent to an activating group) is 2. The Morgan fingerprint density at radius 3 is 1.37 bits per heavy atom. The Morgan fingerprint density at radius 2 is 0.952 bits per heavy atom. The minimum Gasteiger partial charge on any atom is -0.389 e. The summed E-state index contributed by atoms with van der Waals surface area (Å²) in [5.74, 6) is 0. The summed E-state index contributed by atoms with van der Waals surface area (Å²) in [5, 5.41) is 84.7. The van der Waals surface area contributed by atoms with Crippen molar-refractivity contribution in [2.45, 2.75) is 160 Å². The minimum atomic E-state index is -1.38. The van der Waals surface area contributed by atoms with E-state index in [2.05, 4.69) is 0 Å². The summed E-state index contributed by atoms with van der Waals surface area (Å²) >= 11 is 0. The fourth-order valence-corrected chi connectivity index (χ4v) is 8.49. The van der Waals surface area contributed by atoms with Crippen LogP contribution < -0.4 is 45.9 Å². The van der Waals surface area contributed by atoms with Crippen molar-refractivity contribution in [1.29, 1.82) is 0 Å². The van der Waals surface area contributed by atoms with Crippen molar-refractivity contribution in [2.24, 2.45) is 45.9 Å². The highest BCUT2D eigenvalue weighted by molar-refractivity contribution is 5.02. The molecule has 372 valence electrons. The van der Waals surface area contributed by atoms with Gasteiger partial charge in [0, 0.05) is 63.5 Å². The lowest BCUT2D eigenvalue weighted by atomic mass is 9.84. The molecular formula is C38H80N10O15. The molecule has 4 rings (SSSR count). The Hall–Kier alpha value is -1.00. The molecule has 2 aliphatic heterocycles. The number of nitrogens with zero attached hydrogens (tertiary/aromatic N) is 2. The molecular weight excluding hydrogens is 836 g/mol. The lowest BCUT2D eigenvalue weighted by Crippen LogP contribution is -2.68. The van der Waals surface area contributed by atoms with E-state index in [9.17, 15) is 40.9 Å². The van der Waals surface area contributed by atoms with Crippen molar-refractivity contribution < 1.29 is 74.0 Å². The zero-order valence-corrected chi connectivity index (χ0v) is 36.5. The lowest BCUT2D eigenvalue weighted by molar-refractivity contribution is -0.292. The third kappa shape index (κ3) is 15.0. The van der Waals surface area contributed by atoms with Crippen molar-refractivity contribution in [3.05, 3.63) is 0 Å². The molecule has 2 aliphatic carbocycles. The predicted octanol–water partition coefficient (Wildman–Crippen LogP) is -9.79. The number of aliphatic hydroxyl groups is 8. The highest BCUT2D eigenvalue weighted by Crippen LogP contribution is 2.30. The van der Waals surface area contributed by atoms with Crippen molar-refractivity contribution in [3.63, 3.8) is 0 Å². The summed E-state index contributed by atoms with van der Waals surface area (Å²) in [6.45, 7) is 2.03. The SMILES string of the molecule is CN(CCCCOCCN(C)C[C@H](O)COC1C(O)C(N)CC(N)C1OC1OC(CN)C(O)C(O)C1N)C[C@H](O)COC1C(O)C(N)CC(N)C1OC1OC(CN)C(O)C(O)C1N. The third-order valence-electron chi connectivity index (χ3n) is 12.4. The van der Waals surface area contributed by atoms with Crippen LogP contribution in [0.4, 0.5) is 0 Å². The maximum absolute atomic E-state index is 10.9. The molecule has 22 atom stereocenters. The van der Waals surface area contributed by atoms with Gasteiger partial charge in [-0.15, -0.1) is 0 Å². The molecule has 2 saturated carbocycles.